The molecule has 0 unspecified atom stereocenters. The molecule has 1 aromatic carbocycles. The largest absolute Gasteiger partial charge is 0.463 e. The molecular formula is C15H21NO2. The molecule has 0 spiro atoms. The number of benzene rings is 1. The summed E-state index contributed by atoms with van der Waals surface area (Å²) in [5, 5.41) is 3.33. The van der Waals surface area contributed by atoms with Gasteiger partial charge in [-0.05, 0) is 25.8 Å². The smallest absolute Gasteiger partial charge is 0.332 e. The summed E-state index contributed by atoms with van der Waals surface area (Å²) in [5.74, 6) is -0.290. The maximum absolute atomic E-state index is 11.4. The number of nitrogens with one attached hydrogen (secondary N) is 1. The number of esters is 1. The highest BCUT2D eigenvalue weighted by Crippen LogP contribution is 2.14. The molecule has 0 fully saturated rings. The van der Waals surface area contributed by atoms with Gasteiger partial charge in [0.1, 0.15) is 0 Å². The van der Waals surface area contributed by atoms with Gasteiger partial charge < -0.3 is 10.1 Å². The van der Waals surface area contributed by atoms with E-state index >= 15 is 0 Å². The number of allylic oxidation sites excluding steroid dienone is 1. The Morgan fingerprint density at radius 2 is 2.00 bits per heavy atom. The van der Waals surface area contributed by atoms with Crippen LogP contribution in [0.25, 0.3) is 0 Å². The zero-order valence-corrected chi connectivity index (χ0v) is 11.3. The quantitative estimate of drug-likeness (QED) is 0.619. The second-order valence-corrected chi connectivity index (χ2v) is 4.05. The van der Waals surface area contributed by atoms with Gasteiger partial charge in [-0.1, -0.05) is 37.3 Å². The summed E-state index contributed by atoms with van der Waals surface area (Å²) < 4.78 is 4.91. The Balaban J connectivity index is 2.66. The van der Waals surface area contributed by atoms with E-state index in [0.29, 0.717) is 6.61 Å². The van der Waals surface area contributed by atoms with Gasteiger partial charge in [-0.2, -0.15) is 0 Å². The van der Waals surface area contributed by atoms with Crippen molar-refractivity contribution in [2.45, 2.75) is 33.2 Å². The first-order valence-corrected chi connectivity index (χ1v) is 6.36. The second-order valence-electron chi connectivity index (χ2n) is 4.05. The summed E-state index contributed by atoms with van der Waals surface area (Å²) in [4.78, 5) is 11.4. The van der Waals surface area contributed by atoms with Crippen molar-refractivity contribution in [2.75, 3.05) is 6.61 Å². The van der Waals surface area contributed by atoms with Crippen molar-refractivity contribution in [1.29, 1.82) is 0 Å². The van der Waals surface area contributed by atoms with Gasteiger partial charge in [0.2, 0.25) is 0 Å². The molecule has 0 aliphatic rings. The molecule has 0 amide bonds. The van der Waals surface area contributed by atoms with E-state index in [2.05, 4.69) is 24.4 Å². The average molecular weight is 247 g/mol. The molecule has 1 aromatic rings. The molecule has 98 valence electrons. The monoisotopic (exact) mass is 247 g/mol. The van der Waals surface area contributed by atoms with Crippen molar-refractivity contribution >= 4 is 5.97 Å². The molecule has 0 radical (unpaired) electrons. The van der Waals surface area contributed by atoms with Crippen LogP contribution in [0.2, 0.25) is 0 Å². The fourth-order valence-electron chi connectivity index (χ4n) is 1.68. The highest BCUT2D eigenvalue weighted by atomic mass is 16.5. The molecule has 3 heteroatoms. The molecule has 0 saturated carbocycles. The van der Waals surface area contributed by atoms with E-state index < -0.39 is 0 Å². The fourth-order valence-corrected chi connectivity index (χ4v) is 1.68. The minimum atomic E-state index is -0.290. The third-order valence-corrected chi connectivity index (χ3v) is 2.66. The molecule has 0 bridgehead atoms. The van der Waals surface area contributed by atoms with Crippen molar-refractivity contribution in [3.8, 4) is 0 Å². The molecule has 18 heavy (non-hydrogen) atoms. The maximum Gasteiger partial charge on any atom is 0.332 e. The van der Waals surface area contributed by atoms with Crippen LogP contribution in [0.4, 0.5) is 0 Å². The molecule has 0 saturated heterocycles. The average Bonchev–Trinajstić information content (AvgIpc) is 2.39. The minimum absolute atomic E-state index is 0.173. The van der Waals surface area contributed by atoms with Gasteiger partial charge in [-0.25, -0.2) is 4.79 Å². The van der Waals surface area contributed by atoms with E-state index in [1.807, 2.05) is 25.1 Å². The summed E-state index contributed by atoms with van der Waals surface area (Å²) >= 11 is 0. The van der Waals surface area contributed by atoms with Crippen LogP contribution in [0.3, 0.4) is 0 Å². The van der Waals surface area contributed by atoms with Crippen molar-refractivity contribution < 1.29 is 9.53 Å². The lowest BCUT2D eigenvalue weighted by Gasteiger charge is -2.17. The van der Waals surface area contributed by atoms with Gasteiger partial charge in [0, 0.05) is 17.8 Å². The highest BCUT2D eigenvalue weighted by Gasteiger charge is 2.07. The maximum atomic E-state index is 11.4. The summed E-state index contributed by atoms with van der Waals surface area (Å²) in [5.41, 5.74) is 2.09. The molecule has 0 aliphatic heterocycles. The van der Waals surface area contributed by atoms with Gasteiger partial charge in [-0.3, -0.25) is 0 Å². The topological polar surface area (TPSA) is 38.3 Å². The van der Waals surface area contributed by atoms with E-state index in [0.717, 1.165) is 12.1 Å². The molecule has 0 aliphatic carbocycles. The predicted molar refractivity (Wildman–Crippen MR) is 73.0 cm³/mol. The van der Waals surface area contributed by atoms with Crippen LogP contribution in [0.5, 0.6) is 0 Å². The lowest BCUT2D eigenvalue weighted by atomic mass is 10.1. The number of hydrogen-bond donors (Lipinski definition) is 1. The van der Waals surface area contributed by atoms with Gasteiger partial charge in [0.15, 0.2) is 0 Å². The number of carbonyl (C=O) groups excluding carboxylic acids is 1. The molecule has 0 heterocycles. The van der Waals surface area contributed by atoms with E-state index in [4.69, 9.17) is 4.74 Å². The summed E-state index contributed by atoms with van der Waals surface area (Å²) in [6, 6.07) is 10.3. The van der Waals surface area contributed by atoms with Crippen LogP contribution >= 0.6 is 0 Å². The summed E-state index contributed by atoms with van der Waals surface area (Å²) in [7, 11) is 0. The first-order chi connectivity index (χ1) is 8.67. The predicted octanol–water partition coefficient (Wildman–Crippen LogP) is 3.19. The third kappa shape index (κ3) is 4.62. The van der Waals surface area contributed by atoms with Crippen LogP contribution in [0, 0.1) is 0 Å². The van der Waals surface area contributed by atoms with Gasteiger partial charge in [0.25, 0.3) is 0 Å². The first kappa shape index (κ1) is 14.3. The van der Waals surface area contributed by atoms with Gasteiger partial charge in [0.05, 0.1) is 6.61 Å². The normalized spacial score (nSPS) is 12.9. The zero-order chi connectivity index (χ0) is 13.4. The Kier molecular flexibility index (Phi) is 5.98. The van der Waals surface area contributed by atoms with Crippen molar-refractivity contribution in [3.05, 3.63) is 47.7 Å². The number of carbonyl (C=O) groups is 1. The van der Waals surface area contributed by atoms with Crippen molar-refractivity contribution in [1.82, 2.24) is 5.32 Å². The highest BCUT2D eigenvalue weighted by molar-refractivity contribution is 5.82. The van der Waals surface area contributed by atoms with E-state index in [1.165, 1.54) is 11.6 Å². The first-order valence-electron chi connectivity index (χ1n) is 6.36. The lowest BCUT2D eigenvalue weighted by Crippen LogP contribution is -2.19. The molecule has 1 N–H and O–H groups in total. The molecular weight excluding hydrogens is 226 g/mol. The van der Waals surface area contributed by atoms with E-state index in [9.17, 15) is 4.79 Å². The van der Waals surface area contributed by atoms with Crippen molar-refractivity contribution in [2.24, 2.45) is 0 Å². The number of ether oxygens (including phenoxy) is 1. The van der Waals surface area contributed by atoms with E-state index in [1.54, 1.807) is 6.92 Å². The van der Waals surface area contributed by atoms with Gasteiger partial charge in [-0.15, -0.1) is 0 Å². The Hall–Kier alpha value is -1.77. The van der Waals surface area contributed by atoms with Crippen molar-refractivity contribution in [3.63, 3.8) is 0 Å². The molecule has 1 rings (SSSR count). The van der Waals surface area contributed by atoms with E-state index in [-0.39, 0.29) is 12.0 Å². The van der Waals surface area contributed by atoms with Gasteiger partial charge >= 0.3 is 5.97 Å². The summed E-state index contributed by atoms with van der Waals surface area (Å²) in [6.45, 7) is 6.29. The lowest BCUT2D eigenvalue weighted by molar-refractivity contribution is -0.137. The standard InChI is InChI=1S/C15H21NO2/c1-4-14(11-15(17)18-5-2)16-12(3)13-9-7-6-8-10-13/h6-12,16H,4-5H2,1-3H3/b14-11-/t12-/m1/s1. The zero-order valence-electron chi connectivity index (χ0n) is 11.3. The van der Waals surface area contributed by atoms with Crippen LogP contribution in [0.1, 0.15) is 38.8 Å². The Morgan fingerprint density at radius 3 is 2.56 bits per heavy atom. The Bertz CT molecular complexity index is 398. The molecule has 1 atom stereocenters. The van der Waals surface area contributed by atoms with Crippen LogP contribution < -0.4 is 5.32 Å². The third-order valence-electron chi connectivity index (χ3n) is 2.66. The molecule has 3 nitrogen and oxygen atoms in total. The molecule has 0 aromatic heterocycles. The number of hydrogen-bond acceptors (Lipinski definition) is 3. The minimum Gasteiger partial charge on any atom is -0.463 e. The fraction of sp³-hybridized carbons (Fsp3) is 0.400. The Labute approximate surface area is 109 Å². The Morgan fingerprint density at radius 1 is 1.33 bits per heavy atom. The summed E-state index contributed by atoms with van der Waals surface area (Å²) in [6.07, 6.45) is 2.30. The number of rotatable bonds is 6. The second kappa shape index (κ2) is 7.54. The van der Waals surface area contributed by atoms with Crippen LogP contribution in [0.15, 0.2) is 42.1 Å². The van der Waals surface area contributed by atoms with Crippen LogP contribution in [-0.2, 0) is 9.53 Å². The van der Waals surface area contributed by atoms with Crippen LogP contribution in [-0.4, -0.2) is 12.6 Å². The SMILES string of the molecule is CCOC(=O)/C=C(/CC)N[C@H](C)c1ccccc1.